The quantitative estimate of drug-likeness (QED) is 0.361. The number of carboxylic acid groups (broad SMARTS) is 1. The number of carbonyl (C=O) groups is 1. The number of hydrogen-bond acceptors (Lipinski definition) is 6. The second-order valence-electron chi connectivity index (χ2n) is 9.97. The Hall–Kier alpha value is -3.72. The smallest absolute Gasteiger partial charge is 0.265 e. The molecule has 1 amide bonds. The molecule has 0 aliphatic rings. The molecule has 0 radical (unpaired) electrons. The first-order valence-electron chi connectivity index (χ1n) is 12.1. The van der Waals surface area contributed by atoms with Gasteiger partial charge in [0.2, 0.25) is 0 Å². The van der Waals surface area contributed by atoms with Crippen LogP contribution < -0.4 is 5.11 Å². The van der Waals surface area contributed by atoms with Crippen LogP contribution >= 0.6 is 0 Å². The molecule has 0 spiro atoms. The lowest BCUT2D eigenvalue weighted by Gasteiger charge is -2.39. The summed E-state index contributed by atoms with van der Waals surface area (Å²) in [6.07, 6.45) is -0.883. The number of rotatable bonds is 7. The Kier molecular flexibility index (Phi) is 6.85. The Morgan fingerprint density at radius 2 is 1.62 bits per heavy atom. The number of amides is 1. The fraction of sp³-hybridized carbons (Fsp3) is 0.321. The second-order valence-corrected chi connectivity index (χ2v) is 11.8. The molecule has 0 atom stereocenters. The molecule has 4 rings (SSSR count). The highest BCUT2D eigenvalue weighted by molar-refractivity contribution is 7.89. The van der Waals surface area contributed by atoms with E-state index in [9.17, 15) is 18.3 Å². The third kappa shape index (κ3) is 4.96. The van der Waals surface area contributed by atoms with Crippen molar-refractivity contribution in [1.29, 1.82) is 0 Å². The van der Waals surface area contributed by atoms with Crippen molar-refractivity contribution >= 4 is 27.3 Å². The first-order chi connectivity index (χ1) is 17.3. The molecule has 2 aromatic heterocycles. The molecular formula is C28H31N4O4S-. The highest BCUT2D eigenvalue weighted by Crippen LogP contribution is 2.29. The zero-order valence-corrected chi connectivity index (χ0v) is 22.8. The van der Waals surface area contributed by atoms with Crippen LogP contribution in [0.25, 0.3) is 16.9 Å². The molecule has 0 unspecified atom stereocenters. The van der Waals surface area contributed by atoms with Gasteiger partial charge in [-0.1, -0.05) is 36.8 Å². The Balaban J connectivity index is 1.68. The van der Waals surface area contributed by atoms with Crippen molar-refractivity contribution in [2.45, 2.75) is 64.8 Å². The van der Waals surface area contributed by atoms with Gasteiger partial charge in [-0.2, -0.15) is 0 Å². The van der Waals surface area contributed by atoms with E-state index in [1.54, 1.807) is 26.0 Å². The van der Waals surface area contributed by atoms with Gasteiger partial charge >= 0.3 is 0 Å². The largest absolute Gasteiger partial charge is 0.529 e. The van der Waals surface area contributed by atoms with Crippen molar-refractivity contribution in [2.75, 3.05) is 0 Å². The van der Waals surface area contributed by atoms with Gasteiger partial charge in [0.05, 0.1) is 10.4 Å². The van der Waals surface area contributed by atoms with Gasteiger partial charge in [0.1, 0.15) is 11.3 Å². The van der Waals surface area contributed by atoms with Gasteiger partial charge < -0.3 is 9.90 Å². The molecule has 0 fully saturated rings. The van der Waals surface area contributed by atoms with Crippen molar-refractivity contribution in [3.05, 3.63) is 82.8 Å². The number of nitrogens with zero attached hydrogens (tertiary/aromatic N) is 4. The summed E-state index contributed by atoms with van der Waals surface area (Å²) in [5.74, 6) is 0.886. The number of sulfonamides is 1. The molecule has 194 valence electrons. The van der Waals surface area contributed by atoms with E-state index in [1.807, 2.05) is 62.6 Å². The molecule has 0 aliphatic heterocycles. The Bertz CT molecular complexity index is 1570. The van der Waals surface area contributed by atoms with Gasteiger partial charge in [-0.15, -0.1) is 0 Å². The lowest BCUT2D eigenvalue weighted by molar-refractivity contribution is -0.263. The van der Waals surface area contributed by atoms with Crippen LogP contribution in [0.1, 0.15) is 49.0 Å². The van der Waals surface area contributed by atoms with Gasteiger partial charge in [-0.3, -0.25) is 4.57 Å². The maximum atomic E-state index is 13.3. The van der Waals surface area contributed by atoms with E-state index in [0.29, 0.717) is 4.31 Å². The van der Waals surface area contributed by atoms with Crippen molar-refractivity contribution < 1.29 is 18.3 Å². The number of pyridine rings is 1. The van der Waals surface area contributed by atoms with Crippen LogP contribution in [0.5, 0.6) is 0 Å². The van der Waals surface area contributed by atoms with E-state index < -0.39 is 21.7 Å². The number of aryl methyl sites for hydroxylation is 4. The molecule has 2 aromatic carbocycles. The van der Waals surface area contributed by atoms with E-state index in [0.717, 1.165) is 51.5 Å². The van der Waals surface area contributed by atoms with Gasteiger partial charge in [0.25, 0.3) is 10.0 Å². The molecule has 0 saturated heterocycles. The molecule has 9 heteroatoms. The molecule has 4 aromatic rings. The van der Waals surface area contributed by atoms with E-state index in [-0.39, 0.29) is 11.3 Å². The highest BCUT2D eigenvalue weighted by atomic mass is 32.2. The van der Waals surface area contributed by atoms with Crippen LogP contribution in [0.15, 0.2) is 59.5 Å². The Morgan fingerprint density at radius 3 is 2.19 bits per heavy atom. The van der Waals surface area contributed by atoms with Crippen molar-refractivity contribution in [3.63, 3.8) is 0 Å². The predicted molar refractivity (Wildman–Crippen MR) is 141 cm³/mol. The zero-order chi connectivity index (χ0) is 27.1. The standard InChI is InChI=1S/C28H32N4O4S/c1-7-24-30-25-19(3)16-20(4)29-26(25)31(24)22-12-10-21(11-13-22)17-28(5,6)32(27(33)34)37(35,36)23-14-8-18(2)9-15-23/h8-16H,7,17H2,1-6H3,(H,33,34)/p-1. The minimum atomic E-state index is -4.33. The van der Waals surface area contributed by atoms with Crippen LogP contribution in [0.2, 0.25) is 0 Å². The number of aromatic nitrogens is 3. The first-order valence-corrected chi connectivity index (χ1v) is 13.6. The third-order valence-corrected chi connectivity index (χ3v) is 8.42. The molecule has 0 N–H and O–H groups in total. The molecule has 37 heavy (non-hydrogen) atoms. The van der Waals surface area contributed by atoms with Crippen molar-refractivity contribution in [3.8, 4) is 5.69 Å². The Morgan fingerprint density at radius 1 is 1.00 bits per heavy atom. The maximum Gasteiger partial charge on any atom is 0.265 e. The fourth-order valence-corrected chi connectivity index (χ4v) is 6.34. The van der Waals surface area contributed by atoms with Crippen molar-refractivity contribution in [2.24, 2.45) is 0 Å². The van der Waals surface area contributed by atoms with Gasteiger partial charge in [-0.25, -0.2) is 22.7 Å². The van der Waals surface area contributed by atoms with Gasteiger partial charge in [0, 0.05) is 17.8 Å². The molecule has 8 nitrogen and oxygen atoms in total. The average Bonchev–Trinajstić information content (AvgIpc) is 3.17. The van der Waals surface area contributed by atoms with Gasteiger partial charge in [-0.05, 0) is 82.5 Å². The van der Waals surface area contributed by atoms with Crippen LogP contribution in [0.3, 0.4) is 0 Å². The van der Waals surface area contributed by atoms with E-state index in [1.165, 1.54) is 12.1 Å². The lowest BCUT2D eigenvalue weighted by atomic mass is 9.95. The third-order valence-electron chi connectivity index (χ3n) is 6.43. The van der Waals surface area contributed by atoms with Gasteiger partial charge in [0.15, 0.2) is 11.7 Å². The molecule has 2 heterocycles. The van der Waals surface area contributed by atoms with Crippen LogP contribution in [-0.4, -0.2) is 38.9 Å². The van der Waals surface area contributed by atoms with Crippen LogP contribution in [-0.2, 0) is 22.9 Å². The van der Waals surface area contributed by atoms with Crippen LogP contribution in [0.4, 0.5) is 4.79 Å². The summed E-state index contributed by atoms with van der Waals surface area (Å²) in [4.78, 5) is 21.5. The summed E-state index contributed by atoms with van der Waals surface area (Å²) in [6, 6.07) is 15.7. The molecule has 0 bridgehead atoms. The highest BCUT2D eigenvalue weighted by Gasteiger charge is 2.37. The minimum absolute atomic E-state index is 0.0945. The molecular weight excluding hydrogens is 488 g/mol. The fourth-order valence-electron chi connectivity index (χ4n) is 4.73. The number of imidazole rings is 1. The summed E-state index contributed by atoms with van der Waals surface area (Å²) in [5, 5.41) is 12.1. The maximum absolute atomic E-state index is 13.3. The van der Waals surface area contributed by atoms with E-state index in [2.05, 4.69) is 0 Å². The normalized spacial score (nSPS) is 12.2. The van der Waals surface area contributed by atoms with E-state index in [4.69, 9.17) is 9.97 Å². The second kappa shape index (κ2) is 9.63. The monoisotopic (exact) mass is 519 g/mol. The SMILES string of the molecule is CCc1nc2c(C)cc(C)nc2n1-c1ccc(CC(C)(C)N(C(=O)[O-])S(=O)(=O)c2ccc(C)cc2)cc1. The predicted octanol–water partition coefficient (Wildman–Crippen LogP) is 4.26. The number of benzene rings is 2. The number of fused-ring (bicyclic) bond motifs is 1. The minimum Gasteiger partial charge on any atom is -0.529 e. The Labute approximate surface area is 217 Å². The first kappa shape index (κ1) is 26.3. The zero-order valence-electron chi connectivity index (χ0n) is 21.9. The summed E-state index contributed by atoms with van der Waals surface area (Å²) in [7, 11) is -4.33. The average molecular weight is 520 g/mol. The molecule has 0 saturated carbocycles. The number of carbonyl (C=O) groups excluding carboxylic acids is 1. The number of hydrogen-bond donors (Lipinski definition) is 0. The summed E-state index contributed by atoms with van der Waals surface area (Å²) in [6.45, 7) is 11.0. The van der Waals surface area contributed by atoms with Crippen LogP contribution in [0, 0.1) is 20.8 Å². The topological polar surface area (TPSA) is 108 Å². The summed E-state index contributed by atoms with van der Waals surface area (Å²) >= 11 is 0. The summed E-state index contributed by atoms with van der Waals surface area (Å²) in [5.41, 5.74) is 4.85. The molecule has 0 aliphatic carbocycles. The summed E-state index contributed by atoms with van der Waals surface area (Å²) < 4.78 is 29.0. The van der Waals surface area contributed by atoms with E-state index >= 15 is 0 Å². The lowest BCUT2D eigenvalue weighted by Crippen LogP contribution is -2.56. The van der Waals surface area contributed by atoms with Crippen molar-refractivity contribution in [1.82, 2.24) is 18.8 Å².